The summed E-state index contributed by atoms with van der Waals surface area (Å²) in [5.74, 6) is 1.79. The fourth-order valence-corrected chi connectivity index (χ4v) is 2.80. The van der Waals surface area contributed by atoms with Gasteiger partial charge in [-0.3, -0.25) is 0 Å². The molecule has 2 aromatic rings. The van der Waals surface area contributed by atoms with Crippen molar-refractivity contribution in [3.63, 3.8) is 0 Å². The summed E-state index contributed by atoms with van der Waals surface area (Å²) in [6.07, 6.45) is 0. The molecule has 0 spiro atoms. The van der Waals surface area contributed by atoms with E-state index < -0.39 is 0 Å². The first-order valence-electron chi connectivity index (χ1n) is 5.55. The standard InChI is InChI=1S/C13H17NO2S/c1-9-4-7-12(17-9)13(14-2)11-6-5-10(16-11)8-15-3/h4-7,13-14H,8H2,1-3H3. The third kappa shape index (κ3) is 2.77. The predicted octanol–water partition coefficient (Wildman–Crippen LogP) is 3.10. The van der Waals surface area contributed by atoms with E-state index in [0.29, 0.717) is 6.61 Å². The van der Waals surface area contributed by atoms with Crippen molar-refractivity contribution < 1.29 is 9.15 Å². The molecule has 1 atom stereocenters. The Morgan fingerprint density at radius 3 is 2.76 bits per heavy atom. The summed E-state index contributed by atoms with van der Waals surface area (Å²) in [6, 6.07) is 8.36. The van der Waals surface area contributed by atoms with Crippen LogP contribution < -0.4 is 5.32 Å². The number of furan rings is 1. The minimum Gasteiger partial charge on any atom is -0.462 e. The molecule has 2 aromatic heterocycles. The van der Waals surface area contributed by atoms with Gasteiger partial charge in [0.2, 0.25) is 0 Å². The molecule has 1 N–H and O–H groups in total. The molecule has 0 saturated carbocycles. The van der Waals surface area contributed by atoms with Gasteiger partial charge >= 0.3 is 0 Å². The molecule has 0 fully saturated rings. The maximum absolute atomic E-state index is 5.76. The largest absolute Gasteiger partial charge is 0.462 e. The van der Waals surface area contributed by atoms with Crippen molar-refractivity contribution in [2.45, 2.75) is 19.6 Å². The van der Waals surface area contributed by atoms with Crippen LogP contribution in [0.2, 0.25) is 0 Å². The zero-order valence-corrected chi connectivity index (χ0v) is 11.1. The Morgan fingerprint density at radius 2 is 2.18 bits per heavy atom. The lowest BCUT2D eigenvalue weighted by atomic mass is 10.2. The lowest BCUT2D eigenvalue weighted by Crippen LogP contribution is -2.15. The normalized spacial score (nSPS) is 12.9. The molecule has 2 rings (SSSR count). The minimum atomic E-state index is 0.124. The van der Waals surface area contributed by atoms with Crippen molar-refractivity contribution in [2.75, 3.05) is 14.2 Å². The Balaban J connectivity index is 2.22. The van der Waals surface area contributed by atoms with Gasteiger partial charge in [0, 0.05) is 16.9 Å². The molecule has 92 valence electrons. The van der Waals surface area contributed by atoms with Gasteiger partial charge in [0.15, 0.2) is 0 Å². The molecule has 0 aromatic carbocycles. The zero-order valence-electron chi connectivity index (χ0n) is 10.3. The summed E-state index contributed by atoms with van der Waals surface area (Å²) >= 11 is 1.78. The quantitative estimate of drug-likeness (QED) is 0.886. The van der Waals surface area contributed by atoms with Crippen molar-refractivity contribution in [3.05, 3.63) is 45.5 Å². The summed E-state index contributed by atoms with van der Waals surface area (Å²) in [5.41, 5.74) is 0. The molecule has 3 nitrogen and oxygen atoms in total. The molecule has 1 unspecified atom stereocenters. The van der Waals surface area contributed by atoms with Crippen LogP contribution in [-0.4, -0.2) is 14.2 Å². The van der Waals surface area contributed by atoms with Gasteiger partial charge in [-0.25, -0.2) is 0 Å². The maximum atomic E-state index is 5.76. The van der Waals surface area contributed by atoms with Crippen LogP contribution in [0.1, 0.15) is 27.3 Å². The van der Waals surface area contributed by atoms with Crippen LogP contribution in [0.15, 0.2) is 28.7 Å². The minimum absolute atomic E-state index is 0.124. The number of methoxy groups -OCH3 is 1. The first-order chi connectivity index (χ1) is 8.24. The Labute approximate surface area is 105 Å². The van der Waals surface area contributed by atoms with E-state index >= 15 is 0 Å². The number of ether oxygens (including phenoxy) is 1. The molecular formula is C13H17NO2S. The van der Waals surface area contributed by atoms with Crippen molar-refractivity contribution in [2.24, 2.45) is 0 Å². The highest BCUT2D eigenvalue weighted by Gasteiger charge is 2.17. The Morgan fingerprint density at radius 1 is 1.35 bits per heavy atom. The third-order valence-electron chi connectivity index (χ3n) is 2.59. The Bertz CT molecular complexity index is 475. The molecule has 0 aliphatic rings. The lowest BCUT2D eigenvalue weighted by Gasteiger charge is -2.11. The van der Waals surface area contributed by atoms with Crippen LogP contribution in [0.25, 0.3) is 0 Å². The van der Waals surface area contributed by atoms with E-state index in [1.165, 1.54) is 9.75 Å². The molecule has 0 bridgehead atoms. The second kappa shape index (κ2) is 5.49. The van der Waals surface area contributed by atoms with Crippen LogP contribution in [-0.2, 0) is 11.3 Å². The maximum Gasteiger partial charge on any atom is 0.129 e. The monoisotopic (exact) mass is 251 g/mol. The number of rotatable bonds is 5. The molecule has 0 saturated heterocycles. The van der Waals surface area contributed by atoms with Gasteiger partial charge in [0.05, 0.1) is 0 Å². The topological polar surface area (TPSA) is 34.4 Å². The number of aryl methyl sites for hydroxylation is 1. The van der Waals surface area contributed by atoms with Gasteiger partial charge in [-0.2, -0.15) is 0 Å². The van der Waals surface area contributed by atoms with Crippen molar-refractivity contribution in [1.29, 1.82) is 0 Å². The summed E-state index contributed by atoms with van der Waals surface area (Å²) in [6.45, 7) is 2.62. The Hall–Kier alpha value is -1.10. The SMILES string of the molecule is CNC(c1ccc(COC)o1)c1ccc(C)s1. The fraction of sp³-hybridized carbons (Fsp3) is 0.385. The van der Waals surface area contributed by atoms with E-state index in [0.717, 1.165) is 11.5 Å². The molecule has 0 aliphatic heterocycles. The first kappa shape index (κ1) is 12.4. The van der Waals surface area contributed by atoms with Gasteiger partial charge in [0.1, 0.15) is 24.2 Å². The van der Waals surface area contributed by atoms with Crippen LogP contribution in [0, 0.1) is 6.92 Å². The van der Waals surface area contributed by atoms with Crippen LogP contribution >= 0.6 is 11.3 Å². The van der Waals surface area contributed by atoms with Gasteiger partial charge in [-0.15, -0.1) is 11.3 Å². The molecule has 0 radical (unpaired) electrons. The van der Waals surface area contributed by atoms with Gasteiger partial charge in [-0.1, -0.05) is 0 Å². The predicted molar refractivity (Wildman–Crippen MR) is 69.4 cm³/mol. The molecule has 17 heavy (non-hydrogen) atoms. The van der Waals surface area contributed by atoms with Crippen molar-refractivity contribution >= 4 is 11.3 Å². The highest BCUT2D eigenvalue weighted by molar-refractivity contribution is 7.12. The number of hydrogen-bond acceptors (Lipinski definition) is 4. The average Bonchev–Trinajstić information content (AvgIpc) is 2.91. The lowest BCUT2D eigenvalue weighted by molar-refractivity contribution is 0.162. The first-order valence-corrected chi connectivity index (χ1v) is 6.37. The summed E-state index contributed by atoms with van der Waals surface area (Å²) in [7, 11) is 3.61. The van der Waals surface area contributed by atoms with E-state index in [1.807, 2.05) is 19.2 Å². The van der Waals surface area contributed by atoms with Crippen LogP contribution in [0.4, 0.5) is 0 Å². The number of nitrogens with one attached hydrogen (secondary N) is 1. The van der Waals surface area contributed by atoms with Gasteiger partial charge in [0.25, 0.3) is 0 Å². The van der Waals surface area contributed by atoms with E-state index in [-0.39, 0.29) is 6.04 Å². The van der Waals surface area contributed by atoms with Crippen molar-refractivity contribution in [3.8, 4) is 0 Å². The summed E-state index contributed by atoms with van der Waals surface area (Å²) in [4.78, 5) is 2.58. The second-order valence-electron chi connectivity index (χ2n) is 3.91. The van der Waals surface area contributed by atoms with Gasteiger partial charge < -0.3 is 14.5 Å². The summed E-state index contributed by atoms with van der Waals surface area (Å²) in [5, 5.41) is 3.28. The van der Waals surface area contributed by atoms with E-state index in [9.17, 15) is 0 Å². The Kier molecular flexibility index (Phi) is 3.99. The highest BCUT2D eigenvalue weighted by atomic mass is 32.1. The molecule has 0 amide bonds. The fourth-order valence-electron chi connectivity index (χ4n) is 1.80. The van der Waals surface area contributed by atoms with Gasteiger partial charge in [-0.05, 0) is 38.2 Å². The van der Waals surface area contributed by atoms with E-state index in [4.69, 9.17) is 9.15 Å². The van der Waals surface area contributed by atoms with E-state index in [1.54, 1.807) is 18.4 Å². The average molecular weight is 251 g/mol. The van der Waals surface area contributed by atoms with Crippen molar-refractivity contribution in [1.82, 2.24) is 5.32 Å². The molecule has 4 heteroatoms. The third-order valence-corrected chi connectivity index (χ3v) is 3.65. The molecular weight excluding hydrogens is 234 g/mol. The van der Waals surface area contributed by atoms with Crippen LogP contribution in [0.5, 0.6) is 0 Å². The number of hydrogen-bond donors (Lipinski definition) is 1. The smallest absolute Gasteiger partial charge is 0.129 e. The second-order valence-corrected chi connectivity index (χ2v) is 5.23. The summed E-state index contributed by atoms with van der Waals surface area (Å²) < 4.78 is 10.8. The highest BCUT2D eigenvalue weighted by Crippen LogP contribution is 2.29. The molecule has 2 heterocycles. The number of thiophene rings is 1. The van der Waals surface area contributed by atoms with E-state index in [2.05, 4.69) is 24.4 Å². The van der Waals surface area contributed by atoms with Crippen LogP contribution in [0.3, 0.4) is 0 Å². The molecule has 0 aliphatic carbocycles. The zero-order chi connectivity index (χ0) is 12.3.